The smallest absolute Gasteiger partial charge is 0.222 e. The molecule has 0 N–H and O–H groups in total. The highest BCUT2D eigenvalue weighted by Crippen LogP contribution is 2.13. The Morgan fingerprint density at radius 3 is 1.60 bits per heavy atom. The van der Waals surface area contributed by atoms with E-state index in [4.69, 9.17) is 0 Å². The Kier molecular flexibility index (Phi) is 13.4. The molecule has 1 fully saturated rings. The van der Waals surface area contributed by atoms with Crippen LogP contribution in [0.2, 0.25) is 0 Å². The van der Waals surface area contributed by atoms with Crippen LogP contribution in [0.1, 0.15) is 96.8 Å². The minimum atomic E-state index is 0.272. The zero-order valence-electron chi connectivity index (χ0n) is 16.5. The average molecular weight is 353 g/mol. The van der Waals surface area contributed by atoms with Gasteiger partial charge in [0.25, 0.3) is 0 Å². The maximum Gasteiger partial charge on any atom is 0.222 e. The SMILES string of the molecule is CCCCCCCCCCCCCCCC(=O)N1CCN(C=O)CC1. The molecule has 1 aliphatic heterocycles. The third-order valence-corrected chi connectivity index (χ3v) is 5.31. The molecule has 146 valence electrons. The highest BCUT2D eigenvalue weighted by Gasteiger charge is 2.19. The predicted octanol–water partition coefficient (Wildman–Crippen LogP) is 4.77. The topological polar surface area (TPSA) is 40.6 Å². The van der Waals surface area contributed by atoms with E-state index in [1.165, 1.54) is 77.0 Å². The van der Waals surface area contributed by atoms with Crippen molar-refractivity contribution in [2.24, 2.45) is 0 Å². The Morgan fingerprint density at radius 2 is 1.16 bits per heavy atom. The van der Waals surface area contributed by atoms with Gasteiger partial charge in [-0.2, -0.15) is 0 Å². The van der Waals surface area contributed by atoms with Crippen LogP contribution in [0.5, 0.6) is 0 Å². The van der Waals surface area contributed by atoms with Crippen molar-refractivity contribution in [3.8, 4) is 0 Å². The lowest BCUT2D eigenvalue weighted by atomic mass is 10.0. The van der Waals surface area contributed by atoms with Crippen molar-refractivity contribution in [2.45, 2.75) is 96.8 Å². The van der Waals surface area contributed by atoms with Crippen molar-refractivity contribution >= 4 is 12.3 Å². The van der Waals surface area contributed by atoms with Gasteiger partial charge in [0.2, 0.25) is 12.3 Å². The summed E-state index contributed by atoms with van der Waals surface area (Å²) in [6.45, 7) is 5.06. The second-order valence-corrected chi connectivity index (χ2v) is 7.51. The Hall–Kier alpha value is -1.06. The highest BCUT2D eigenvalue weighted by atomic mass is 16.2. The molecule has 0 aliphatic carbocycles. The van der Waals surface area contributed by atoms with Gasteiger partial charge in [-0.15, -0.1) is 0 Å². The van der Waals surface area contributed by atoms with Gasteiger partial charge in [-0.05, 0) is 6.42 Å². The van der Waals surface area contributed by atoms with Gasteiger partial charge in [-0.25, -0.2) is 0 Å². The average Bonchev–Trinajstić information content (AvgIpc) is 2.65. The normalized spacial score (nSPS) is 14.8. The maximum atomic E-state index is 12.1. The van der Waals surface area contributed by atoms with E-state index >= 15 is 0 Å². The van der Waals surface area contributed by atoms with E-state index < -0.39 is 0 Å². The van der Waals surface area contributed by atoms with Crippen LogP contribution in [0.4, 0.5) is 0 Å². The monoisotopic (exact) mass is 352 g/mol. The Bertz CT molecular complexity index is 339. The molecule has 1 aliphatic rings. The molecule has 0 unspecified atom stereocenters. The first-order chi connectivity index (χ1) is 12.3. The van der Waals surface area contributed by atoms with E-state index in [0.717, 1.165) is 12.8 Å². The molecule has 1 heterocycles. The molecule has 0 saturated carbocycles. The van der Waals surface area contributed by atoms with Crippen molar-refractivity contribution in [2.75, 3.05) is 26.2 Å². The zero-order valence-corrected chi connectivity index (χ0v) is 16.5. The van der Waals surface area contributed by atoms with Crippen LogP contribution in [-0.2, 0) is 9.59 Å². The van der Waals surface area contributed by atoms with E-state index in [1.54, 1.807) is 4.90 Å². The van der Waals surface area contributed by atoms with Crippen molar-refractivity contribution in [3.05, 3.63) is 0 Å². The zero-order chi connectivity index (χ0) is 18.2. The number of carbonyl (C=O) groups is 2. The fraction of sp³-hybridized carbons (Fsp3) is 0.905. The Labute approximate surface area is 155 Å². The lowest BCUT2D eigenvalue weighted by Gasteiger charge is -2.32. The predicted molar refractivity (Wildman–Crippen MR) is 105 cm³/mol. The van der Waals surface area contributed by atoms with Gasteiger partial charge in [-0.3, -0.25) is 9.59 Å². The summed E-state index contributed by atoms with van der Waals surface area (Å²) in [7, 11) is 0. The number of hydrogen-bond donors (Lipinski definition) is 0. The third kappa shape index (κ3) is 11.2. The van der Waals surface area contributed by atoms with Crippen molar-refractivity contribution < 1.29 is 9.59 Å². The van der Waals surface area contributed by atoms with E-state index in [0.29, 0.717) is 32.6 Å². The molecule has 4 nitrogen and oxygen atoms in total. The van der Waals surface area contributed by atoms with Crippen LogP contribution in [-0.4, -0.2) is 48.3 Å². The molecule has 0 aromatic rings. The van der Waals surface area contributed by atoms with Gasteiger partial charge in [-0.1, -0.05) is 84.0 Å². The van der Waals surface area contributed by atoms with E-state index in [9.17, 15) is 9.59 Å². The molecule has 0 aromatic carbocycles. The first-order valence-electron chi connectivity index (χ1n) is 10.7. The molecule has 1 saturated heterocycles. The number of unbranched alkanes of at least 4 members (excludes halogenated alkanes) is 12. The Balaban J connectivity index is 1.82. The summed E-state index contributed by atoms with van der Waals surface area (Å²) in [5.41, 5.74) is 0. The van der Waals surface area contributed by atoms with Crippen LogP contribution in [0.3, 0.4) is 0 Å². The first-order valence-corrected chi connectivity index (χ1v) is 10.7. The quantitative estimate of drug-likeness (QED) is 0.315. The van der Waals surface area contributed by atoms with E-state index in [1.807, 2.05) is 4.90 Å². The number of piperazine rings is 1. The van der Waals surface area contributed by atoms with Gasteiger partial charge in [0.1, 0.15) is 0 Å². The first kappa shape index (κ1) is 22.0. The number of hydrogen-bond acceptors (Lipinski definition) is 2. The minimum Gasteiger partial charge on any atom is -0.342 e. The van der Waals surface area contributed by atoms with Crippen molar-refractivity contribution in [3.63, 3.8) is 0 Å². The summed E-state index contributed by atoms with van der Waals surface area (Å²) >= 11 is 0. The molecule has 4 heteroatoms. The lowest BCUT2D eigenvalue weighted by Crippen LogP contribution is -2.48. The van der Waals surface area contributed by atoms with Gasteiger partial charge in [0.15, 0.2) is 0 Å². The molecule has 2 amide bonds. The van der Waals surface area contributed by atoms with Crippen LogP contribution in [0.15, 0.2) is 0 Å². The summed E-state index contributed by atoms with van der Waals surface area (Å²) in [6, 6.07) is 0. The standard InChI is InChI=1S/C21H40N2O2/c1-2-3-4-5-6-7-8-9-10-11-12-13-14-15-21(25)23-18-16-22(20-24)17-19-23/h20H,2-19H2,1H3. The largest absolute Gasteiger partial charge is 0.342 e. The second-order valence-electron chi connectivity index (χ2n) is 7.51. The molecule has 0 radical (unpaired) electrons. The summed E-state index contributed by atoms with van der Waals surface area (Å²) in [5, 5.41) is 0. The second kappa shape index (κ2) is 15.2. The molecule has 25 heavy (non-hydrogen) atoms. The van der Waals surface area contributed by atoms with E-state index in [2.05, 4.69) is 6.92 Å². The molecule has 0 bridgehead atoms. The summed E-state index contributed by atoms with van der Waals surface area (Å²) in [4.78, 5) is 26.4. The summed E-state index contributed by atoms with van der Waals surface area (Å²) in [5.74, 6) is 0.272. The Morgan fingerprint density at radius 1 is 0.720 bits per heavy atom. The molecule has 0 spiro atoms. The van der Waals surface area contributed by atoms with Gasteiger partial charge in [0.05, 0.1) is 0 Å². The highest BCUT2D eigenvalue weighted by molar-refractivity contribution is 5.76. The van der Waals surface area contributed by atoms with Crippen molar-refractivity contribution in [1.82, 2.24) is 9.80 Å². The van der Waals surface area contributed by atoms with Crippen LogP contribution in [0.25, 0.3) is 0 Å². The number of carbonyl (C=O) groups excluding carboxylic acids is 2. The summed E-state index contributed by atoms with van der Waals surface area (Å²) in [6.07, 6.45) is 18.9. The van der Waals surface area contributed by atoms with Gasteiger partial charge < -0.3 is 9.80 Å². The lowest BCUT2D eigenvalue weighted by molar-refractivity contribution is -0.135. The minimum absolute atomic E-state index is 0.272. The molecular weight excluding hydrogens is 312 g/mol. The number of rotatable bonds is 15. The molecule has 0 atom stereocenters. The maximum absolute atomic E-state index is 12.1. The molecule has 1 rings (SSSR count). The van der Waals surface area contributed by atoms with Gasteiger partial charge >= 0.3 is 0 Å². The summed E-state index contributed by atoms with van der Waals surface area (Å²) < 4.78 is 0. The fourth-order valence-electron chi connectivity index (χ4n) is 3.53. The fourth-order valence-corrected chi connectivity index (χ4v) is 3.53. The van der Waals surface area contributed by atoms with Crippen LogP contribution < -0.4 is 0 Å². The number of nitrogens with zero attached hydrogens (tertiary/aromatic N) is 2. The van der Waals surface area contributed by atoms with Crippen LogP contribution >= 0.6 is 0 Å². The molecule has 0 aromatic heterocycles. The number of amides is 2. The van der Waals surface area contributed by atoms with Gasteiger partial charge in [0, 0.05) is 32.6 Å². The molecular formula is C21H40N2O2. The van der Waals surface area contributed by atoms with E-state index in [-0.39, 0.29) is 5.91 Å². The third-order valence-electron chi connectivity index (χ3n) is 5.31. The van der Waals surface area contributed by atoms with Crippen molar-refractivity contribution in [1.29, 1.82) is 0 Å². The van der Waals surface area contributed by atoms with Crippen LogP contribution in [0, 0.1) is 0 Å².